The fourth-order valence-corrected chi connectivity index (χ4v) is 4.73. The molecule has 2 amide bonds. The molecule has 6 nitrogen and oxygen atoms in total. The fourth-order valence-electron chi connectivity index (χ4n) is 4.73. The van der Waals surface area contributed by atoms with Crippen LogP contribution < -0.4 is 10.2 Å². The average molecular weight is 455 g/mol. The van der Waals surface area contributed by atoms with Crippen LogP contribution in [0, 0.1) is 36.2 Å². The van der Waals surface area contributed by atoms with Crippen LogP contribution in [0.5, 0.6) is 0 Å². The van der Waals surface area contributed by atoms with E-state index in [-0.39, 0.29) is 30.4 Å². The number of aliphatic imine (C=N–C) groups is 1. The van der Waals surface area contributed by atoms with E-state index in [2.05, 4.69) is 17.1 Å². The molecule has 0 bridgehead atoms. The van der Waals surface area contributed by atoms with Gasteiger partial charge in [-0.2, -0.15) is 0 Å². The van der Waals surface area contributed by atoms with Crippen molar-refractivity contribution in [3.63, 3.8) is 0 Å². The summed E-state index contributed by atoms with van der Waals surface area (Å²) in [5.74, 6) is -0.706. The van der Waals surface area contributed by atoms with Crippen LogP contribution in [0.25, 0.3) is 0 Å². The van der Waals surface area contributed by atoms with E-state index in [9.17, 15) is 18.0 Å². The van der Waals surface area contributed by atoms with Gasteiger partial charge in [-0.25, -0.2) is 23.0 Å². The highest BCUT2D eigenvalue weighted by Crippen LogP contribution is 2.32. The van der Waals surface area contributed by atoms with E-state index in [1.54, 1.807) is 30.2 Å². The zero-order valence-corrected chi connectivity index (χ0v) is 18.4. The lowest BCUT2D eigenvalue weighted by Gasteiger charge is -2.28. The molecule has 1 fully saturated rings. The summed E-state index contributed by atoms with van der Waals surface area (Å²) in [5.41, 5.74) is 2.08. The Balaban J connectivity index is 1.35. The highest BCUT2D eigenvalue weighted by atomic mass is 19.2. The minimum atomic E-state index is -0.937. The van der Waals surface area contributed by atoms with Crippen LogP contribution in [0.3, 0.4) is 0 Å². The topological polar surface area (TPSA) is 51.2 Å². The number of hydrogen-bond donors (Lipinski definition) is 1. The second-order valence-electron chi connectivity index (χ2n) is 8.91. The number of aryl methyl sites for hydroxylation is 1. The highest BCUT2D eigenvalue weighted by molar-refractivity contribution is 6.02. The van der Waals surface area contributed by atoms with Crippen molar-refractivity contribution >= 4 is 17.6 Å². The summed E-state index contributed by atoms with van der Waals surface area (Å²) >= 11 is 0. The molecule has 5 rings (SSSR count). The van der Waals surface area contributed by atoms with Gasteiger partial charge < -0.3 is 4.90 Å². The van der Waals surface area contributed by atoms with Crippen molar-refractivity contribution in [3.8, 4) is 0 Å². The summed E-state index contributed by atoms with van der Waals surface area (Å²) in [7, 11) is 0. The maximum Gasteiger partial charge on any atom is 0.329 e. The lowest BCUT2D eigenvalue weighted by atomic mass is 9.96. The van der Waals surface area contributed by atoms with E-state index in [0.29, 0.717) is 29.5 Å². The van der Waals surface area contributed by atoms with Crippen LogP contribution in [-0.2, 0) is 6.54 Å². The van der Waals surface area contributed by atoms with Crippen LogP contribution in [0.15, 0.2) is 53.4 Å². The number of hydrogen-bond acceptors (Lipinski definition) is 4. The van der Waals surface area contributed by atoms with Gasteiger partial charge in [-0.15, -0.1) is 0 Å². The molecule has 0 aromatic heterocycles. The molecule has 172 valence electrons. The molecule has 33 heavy (non-hydrogen) atoms. The number of halogens is 3. The van der Waals surface area contributed by atoms with Gasteiger partial charge in [-0.3, -0.25) is 15.1 Å². The normalized spacial score (nSPS) is 22.9. The number of fused-ring (bicyclic) bond motifs is 1. The van der Waals surface area contributed by atoms with Gasteiger partial charge in [-0.1, -0.05) is 19.1 Å². The number of benzene rings is 2. The highest BCUT2D eigenvalue weighted by Gasteiger charge is 2.39. The maximum absolute atomic E-state index is 13.8. The second-order valence-corrected chi connectivity index (χ2v) is 8.91. The van der Waals surface area contributed by atoms with Crippen molar-refractivity contribution in [2.75, 3.05) is 24.7 Å². The van der Waals surface area contributed by atoms with Gasteiger partial charge in [0.25, 0.3) is 0 Å². The number of likely N-dealkylation sites (tertiary alicyclic amines) is 1. The van der Waals surface area contributed by atoms with E-state index >= 15 is 0 Å². The smallest absolute Gasteiger partial charge is 0.325 e. The fraction of sp³-hybridized carbons (Fsp3) is 0.333. The zero-order valence-electron chi connectivity index (χ0n) is 18.4. The van der Waals surface area contributed by atoms with E-state index in [1.807, 2.05) is 0 Å². The minimum absolute atomic E-state index is 0.0384. The molecule has 3 aliphatic rings. The zero-order chi connectivity index (χ0) is 23.3. The van der Waals surface area contributed by atoms with Gasteiger partial charge in [0.2, 0.25) is 0 Å². The van der Waals surface area contributed by atoms with Crippen LogP contribution >= 0.6 is 0 Å². The molecule has 3 heterocycles. The van der Waals surface area contributed by atoms with E-state index < -0.39 is 11.6 Å². The van der Waals surface area contributed by atoms with Gasteiger partial charge in [0, 0.05) is 43.5 Å². The second kappa shape index (κ2) is 8.22. The third kappa shape index (κ3) is 4.08. The van der Waals surface area contributed by atoms with Crippen LogP contribution in [0.4, 0.5) is 23.7 Å². The van der Waals surface area contributed by atoms with Crippen molar-refractivity contribution in [1.82, 2.24) is 15.1 Å². The van der Waals surface area contributed by atoms with Crippen LogP contribution in [-0.4, -0.2) is 41.4 Å². The third-order valence-electron chi connectivity index (χ3n) is 6.46. The number of nitrogens with zero attached hydrogens (tertiary/aromatic N) is 4. The summed E-state index contributed by atoms with van der Waals surface area (Å²) in [6.45, 7) is 6.23. The first-order valence-electron chi connectivity index (χ1n) is 10.9. The summed E-state index contributed by atoms with van der Waals surface area (Å²) in [6.07, 6.45) is 1.69. The van der Waals surface area contributed by atoms with Gasteiger partial charge in [0.1, 0.15) is 18.3 Å². The first-order chi connectivity index (χ1) is 15.8. The Labute approximate surface area is 190 Å². The lowest BCUT2D eigenvalue weighted by Crippen LogP contribution is -2.49. The molecule has 2 aromatic carbocycles. The van der Waals surface area contributed by atoms with Crippen molar-refractivity contribution in [2.45, 2.75) is 20.4 Å². The number of amidine groups is 1. The SMILES string of the molecule is Cc1cc(F)c(F)cc1N1C=C2N=C(C3CN(Cc4ccc(F)cc4)CC3C)NC(=O)N2C1. The van der Waals surface area contributed by atoms with Crippen LogP contribution in [0.1, 0.15) is 18.1 Å². The van der Waals surface area contributed by atoms with Gasteiger partial charge in [-0.05, 0) is 42.2 Å². The van der Waals surface area contributed by atoms with Gasteiger partial charge in [0.15, 0.2) is 17.5 Å². The summed E-state index contributed by atoms with van der Waals surface area (Å²) in [4.78, 5) is 23.0. The Hall–Kier alpha value is -3.33. The van der Waals surface area contributed by atoms with Crippen LogP contribution in [0.2, 0.25) is 0 Å². The van der Waals surface area contributed by atoms with E-state index in [0.717, 1.165) is 30.8 Å². The molecule has 3 aliphatic heterocycles. The molecule has 0 spiro atoms. The molecule has 0 radical (unpaired) electrons. The molecule has 1 N–H and O–H groups in total. The molecule has 2 atom stereocenters. The Bertz CT molecular complexity index is 1160. The van der Waals surface area contributed by atoms with Gasteiger partial charge in [0.05, 0.1) is 0 Å². The molecular formula is C24H24F3N5O. The minimum Gasteiger partial charge on any atom is -0.325 e. The molecule has 2 aromatic rings. The Morgan fingerprint density at radius 3 is 2.58 bits per heavy atom. The Morgan fingerprint density at radius 2 is 1.82 bits per heavy atom. The molecule has 9 heteroatoms. The first kappa shape index (κ1) is 21.5. The number of urea groups is 1. The number of amides is 2. The number of carbonyl (C=O) groups excluding carboxylic acids is 1. The predicted octanol–water partition coefficient (Wildman–Crippen LogP) is 4.18. The molecule has 1 saturated heterocycles. The standard InChI is InChI=1S/C24H24F3N5O/c1-14-7-19(26)20(27)8-21(14)31-12-22-28-23(29-24(33)32(22)13-31)18-11-30(9-15(18)2)10-16-3-5-17(25)6-4-16/h3-8,12,15,18H,9-11,13H2,1-2H3,(H,28,29,33). The summed E-state index contributed by atoms with van der Waals surface area (Å²) < 4.78 is 40.5. The number of rotatable bonds is 4. The lowest BCUT2D eigenvalue weighted by molar-refractivity contribution is 0.216. The number of nitrogens with one attached hydrogen (secondary N) is 1. The largest absolute Gasteiger partial charge is 0.329 e. The summed E-state index contributed by atoms with van der Waals surface area (Å²) in [5, 5.41) is 2.92. The summed E-state index contributed by atoms with van der Waals surface area (Å²) in [6, 6.07) is 8.46. The average Bonchev–Trinajstić information content (AvgIpc) is 3.36. The van der Waals surface area contributed by atoms with E-state index in [4.69, 9.17) is 4.99 Å². The number of anilines is 1. The van der Waals surface area contributed by atoms with Crippen molar-refractivity contribution < 1.29 is 18.0 Å². The van der Waals surface area contributed by atoms with Crippen molar-refractivity contribution in [3.05, 3.63) is 77.0 Å². The van der Waals surface area contributed by atoms with E-state index in [1.165, 1.54) is 17.0 Å². The molecule has 0 aliphatic carbocycles. The molecule has 2 unspecified atom stereocenters. The Kier molecular flexibility index (Phi) is 5.36. The predicted molar refractivity (Wildman–Crippen MR) is 119 cm³/mol. The third-order valence-corrected chi connectivity index (χ3v) is 6.46. The Morgan fingerprint density at radius 1 is 1.09 bits per heavy atom. The molecule has 0 saturated carbocycles. The van der Waals surface area contributed by atoms with Crippen molar-refractivity contribution in [2.24, 2.45) is 16.8 Å². The number of carbonyl (C=O) groups is 1. The molecular weight excluding hydrogens is 431 g/mol. The monoisotopic (exact) mass is 455 g/mol. The first-order valence-corrected chi connectivity index (χ1v) is 10.9. The maximum atomic E-state index is 13.8. The van der Waals surface area contributed by atoms with Crippen molar-refractivity contribution in [1.29, 1.82) is 0 Å². The van der Waals surface area contributed by atoms with Gasteiger partial charge >= 0.3 is 6.03 Å². The quantitative estimate of drug-likeness (QED) is 0.753.